The largest absolute Gasteiger partial charge is 0.311 e. The van der Waals surface area contributed by atoms with E-state index in [1.807, 2.05) is 12.1 Å². The first-order valence-corrected chi connectivity index (χ1v) is 8.22. The van der Waals surface area contributed by atoms with E-state index in [1.165, 1.54) is 6.42 Å². The van der Waals surface area contributed by atoms with Gasteiger partial charge in [0.2, 0.25) is 0 Å². The van der Waals surface area contributed by atoms with Crippen molar-refractivity contribution < 1.29 is 4.39 Å². The average molecular weight is 343 g/mol. The molecule has 0 saturated carbocycles. The Morgan fingerprint density at radius 3 is 2.90 bits per heavy atom. The Labute approximate surface area is 129 Å². The summed E-state index contributed by atoms with van der Waals surface area (Å²) in [6, 6.07) is 6.38. The molecule has 1 aliphatic heterocycles. The number of hydrogen-bond donors (Lipinski definition) is 1. The third kappa shape index (κ3) is 3.80. The van der Waals surface area contributed by atoms with E-state index < -0.39 is 0 Å². The Bertz CT molecular complexity index is 452. The molecular formula is C16H24BrFN2. The molecule has 1 aromatic carbocycles. The summed E-state index contributed by atoms with van der Waals surface area (Å²) >= 11 is 3.27. The summed E-state index contributed by atoms with van der Waals surface area (Å²) in [5.74, 6) is 0.490. The molecule has 0 radical (unpaired) electrons. The standard InChI is InChI=1S/C16H24BrFN2/c1-4-11(2)16-10-20(12(3)8-19-16)9-13-5-6-15(18)14(17)7-13/h5-7,11-12,16,19H,4,8-10H2,1-3H3. The molecule has 0 bridgehead atoms. The highest BCUT2D eigenvalue weighted by Crippen LogP contribution is 2.21. The molecule has 1 heterocycles. The molecule has 112 valence electrons. The Morgan fingerprint density at radius 1 is 1.50 bits per heavy atom. The lowest BCUT2D eigenvalue weighted by Crippen LogP contribution is -2.56. The predicted octanol–water partition coefficient (Wildman–Crippen LogP) is 3.80. The fourth-order valence-electron chi connectivity index (χ4n) is 2.71. The fraction of sp³-hybridized carbons (Fsp3) is 0.625. The van der Waals surface area contributed by atoms with E-state index in [9.17, 15) is 4.39 Å². The molecule has 0 aliphatic carbocycles. The lowest BCUT2D eigenvalue weighted by Gasteiger charge is -2.41. The van der Waals surface area contributed by atoms with Crippen LogP contribution in [-0.2, 0) is 6.54 Å². The molecule has 1 N–H and O–H groups in total. The lowest BCUT2D eigenvalue weighted by molar-refractivity contribution is 0.112. The molecule has 4 heteroatoms. The molecule has 3 atom stereocenters. The third-order valence-electron chi connectivity index (χ3n) is 4.43. The van der Waals surface area contributed by atoms with Gasteiger partial charge in [-0.2, -0.15) is 0 Å². The second-order valence-corrected chi connectivity index (χ2v) is 6.78. The van der Waals surface area contributed by atoms with E-state index in [0.717, 1.165) is 25.2 Å². The molecule has 2 nitrogen and oxygen atoms in total. The molecule has 3 unspecified atom stereocenters. The van der Waals surface area contributed by atoms with Crippen molar-refractivity contribution in [1.82, 2.24) is 10.2 Å². The first kappa shape index (κ1) is 15.9. The monoisotopic (exact) mass is 342 g/mol. The van der Waals surface area contributed by atoms with Crippen molar-refractivity contribution in [3.05, 3.63) is 34.1 Å². The van der Waals surface area contributed by atoms with Gasteiger partial charge in [0.15, 0.2) is 0 Å². The zero-order chi connectivity index (χ0) is 14.7. The van der Waals surface area contributed by atoms with Crippen LogP contribution in [0, 0.1) is 11.7 Å². The van der Waals surface area contributed by atoms with Crippen LogP contribution in [0.1, 0.15) is 32.8 Å². The Kier molecular flexibility index (Phi) is 5.58. The SMILES string of the molecule is CCC(C)C1CN(Cc2ccc(F)c(Br)c2)C(C)CN1. The summed E-state index contributed by atoms with van der Waals surface area (Å²) < 4.78 is 13.8. The highest BCUT2D eigenvalue weighted by atomic mass is 79.9. The van der Waals surface area contributed by atoms with Crippen LogP contribution in [-0.4, -0.2) is 30.1 Å². The number of piperazine rings is 1. The molecule has 1 saturated heterocycles. The summed E-state index contributed by atoms with van der Waals surface area (Å²) in [6.07, 6.45) is 1.20. The van der Waals surface area contributed by atoms with Gasteiger partial charge in [-0.05, 0) is 46.5 Å². The number of nitrogens with one attached hydrogen (secondary N) is 1. The van der Waals surface area contributed by atoms with Crippen LogP contribution in [0.4, 0.5) is 4.39 Å². The maximum atomic E-state index is 13.3. The minimum Gasteiger partial charge on any atom is -0.311 e. The smallest absolute Gasteiger partial charge is 0.137 e. The Hall–Kier alpha value is -0.450. The molecule has 1 aromatic rings. The van der Waals surface area contributed by atoms with Crippen LogP contribution >= 0.6 is 15.9 Å². The number of nitrogens with zero attached hydrogens (tertiary/aromatic N) is 1. The molecule has 1 fully saturated rings. The van der Waals surface area contributed by atoms with E-state index in [2.05, 4.69) is 46.9 Å². The summed E-state index contributed by atoms with van der Waals surface area (Å²) in [7, 11) is 0. The Balaban J connectivity index is 2.04. The fourth-order valence-corrected chi connectivity index (χ4v) is 3.13. The number of halogens is 2. The average Bonchev–Trinajstić information content (AvgIpc) is 2.44. The van der Waals surface area contributed by atoms with Crippen molar-refractivity contribution in [3.63, 3.8) is 0 Å². The minimum atomic E-state index is -0.195. The highest BCUT2D eigenvalue weighted by molar-refractivity contribution is 9.10. The normalized spacial score (nSPS) is 25.6. The minimum absolute atomic E-state index is 0.195. The van der Waals surface area contributed by atoms with Gasteiger partial charge in [-0.1, -0.05) is 26.3 Å². The topological polar surface area (TPSA) is 15.3 Å². The predicted molar refractivity (Wildman–Crippen MR) is 85.2 cm³/mol. The zero-order valence-electron chi connectivity index (χ0n) is 12.5. The van der Waals surface area contributed by atoms with E-state index in [1.54, 1.807) is 6.07 Å². The van der Waals surface area contributed by atoms with Gasteiger partial charge >= 0.3 is 0 Å². The van der Waals surface area contributed by atoms with Crippen molar-refractivity contribution in [2.45, 2.75) is 45.8 Å². The molecule has 0 aromatic heterocycles. The molecule has 0 amide bonds. The second-order valence-electron chi connectivity index (χ2n) is 5.93. The molecule has 20 heavy (non-hydrogen) atoms. The van der Waals surface area contributed by atoms with Crippen LogP contribution in [0.5, 0.6) is 0 Å². The second kappa shape index (κ2) is 7.01. The van der Waals surface area contributed by atoms with Crippen LogP contribution in [0.3, 0.4) is 0 Å². The number of rotatable bonds is 4. The maximum absolute atomic E-state index is 13.3. The van der Waals surface area contributed by atoms with Gasteiger partial charge in [-0.25, -0.2) is 4.39 Å². The van der Waals surface area contributed by atoms with Gasteiger partial charge in [-0.3, -0.25) is 4.90 Å². The first-order valence-electron chi connectivity index (χ1n) is 7.42. The van der Waals surface area contributed by atoms with Crippen molar-refractivity contribution in [2.24, 2.45) is 5.92 Å². The van der Waals surface area contributed by atoms with Gasteiger partial charge in [0, 0.05) is 31.7 Å². The number of benzene rings is 1. The van der Waals surface area contributed by atoms with Crippen LogP contribution in [0.25, 0.3) is 0 Å². The van der Waals surface area contributed by atoms with Gasteiger partial charge in [0.25, 0.3) is 0 Å². The van der Waals surface area contributed by atoms with Crippen molar-refractivity contribution in [3.8, 4) is 0 Å². The summed E-state index contributed by atoms with van der Waals surface area (Å²) in [4.78, 5) is 2.49. The van der Waals surface area contributed by atoms with E-state index in [0.29, 0.717) is 22.5 Å². The third-order valence-corrected chi connectivity index (χ3v) is 5.04. The maximum Gasteiger partial charge on any atom is 0.137 e. The first-order chi connectivity index (χ1) is 9.51. The van der Waals surface area contributed by atoms with Crippen molar-refractivity contribution in [2.75, 3.05) is 13.1 Å². The number of hydrogen-bond acceptors (Lipinski definition) is 2. The molecule has 0 spiro atoms. The Morgan fingerprint density at radius 2 is 2.25 bits per heavy atom. The summed E-state index contributed by atoms with van der Waals surface area (Å²) in [5.41, 5.74) is 1.16. The summed E-state index contributed by atoms with van der Waals surface area (Å²) in [5, 5.41) is 3.64. The van der Waals surface area contributed by atoms with E-state index in [4.69, 9.17) is 0 Å². The van der Waals surface area contributed by atoms with Gasteiger partial charge in [0.05, 0.1) is 4.47 Å². The van der Waals surface area contributed by atoms with Crippen LogP contribution in [0.15, 0.2) is 22.7 Å². The molecule has 1 aliphatic rings. The highest BCUT2D eigenvalue weighted by Gasteiger charge is 2.27. The summed E-state index contributed by atoms with van der Waals surface area (Å²) in [6.45, 7) is 9.77. The van der Waals surface area contributed by atoms with Crippen LogP contribution in [0.2, 0.25) is 0 Å². The van der Waals surface area contributed by atoms with Gasteiger partial charge < -0.3 is 5.32 Å². The van der Waals surface area contributed by atoms with Gasteiger partial charge in [-0.15, -0.1) is 0 Å². The van der Waals surface area contributed by atoms with Crippen LogP contribution < -0.4 is 5.32 Å². The lowest BCUT2D eigenvalue weighted by atomic mass is 9.95. The van der Waals surface area contributed by atoms with Crippen molar-refractivity contribution in [1.29, 1.82) is 0 Å². The molecular weight excluding hydrogens is 319 g/mol. The quantitative estimate of drug-likeness (QED) is 0.895. The van der Waals surface area contributed by atoms with E-state index >= 15 is 0 Å². The van der Waals surface area contributed by atoms with E-state index in [-0.39, 0.29) is 5.82 Å². The van der Waals surface area contributed by atoms with Gasteiger partial charge in [0.1, 0.15) is 5.82 Å². The zero-order valence-corrected chi connectivity index (χ0v) is 14.1. The van der Waals surface area contributed by atoms with Crippen molar-refractivity contribution >= 4 is 15.9 Å². The molecule has 2 rings (SSSR count).